The van der Waals surface area contributed by atoms with Crippen LogP contribution in [0.25, 0.3) is 0 Å². The fourth-order valence-corrected chi connectivity index (χ4v) is 3.29. The molecule has 0 saturated heterocycles. The van der Waals surface area contributed by atoms with Gasteiger partial charge in [-0.2, -0.15) is 11.8 Å². The Bertz CT molecular complexity index is 838. The standard InChI is InChI=1S/C21H31N5O6S/c1-12(24-19(29)14(22)11-17(23)27)18(28)25-15(8-9-33-2)20(30)26-16(21(31)32)10-13-6-4-3-5-7-13/h3-7,12,14-16H,8-11,22H2,1-2H3,(H2,23,27)(H,24,29)(H,25,28)(H,26,30)(H,31,32). The second kappa shape index (κ2) is 14.1. The van der Waals surface area contributed by atoms with Gasteiger partial charge in [-0.1, -0.05) is 30.3 Å². The first-order chi connectivity index (χ1) is 15.5. The molecule has 4 amide bonds. The van der Waals surface area contributed by atoms with Gasteiger partial charge in [-0.3, -0.25) is 19.2 Å². The summed E-state index contributed by atoms with van der Waals surface area (Å²) in [5.41, 5.74) is 11.3. The van der Waals surface area contributed by atoms with Crippen LogP contribution >= 0.6 is 11.8 Å². The minimum Gasteiger partial charge on any atom is -0.480 e. The van der Waals surface area contributed by atoms with Gasteiger partial charge in [-0.05, 0) is 30.9 Å². The number of aliphatic carboxylic acids is 1. The summed E-state index contributed by atoms with van der Waals surface area (Å²) >= 11 is 1.45. The molecule has 0 radical (unpaired) electrons. The molecule has 12 heteroatoms. The predicted molar refractivity (Wildman–Crippen MR) is 124 cm³/mol. The second-order valence-electron chi connectivity index (χ2n) is 7.44. The van der Waals surface area contributed by atoms with Gasteiger partial charge < -0.3 is 32.5 Å². The van der Waals surface area contributed by atoms with Crippen LogP contribution in [-0.4, -0.2) is 70.9 Å². The lowest BCUT2D eigenvalue weighted by Crippen LogP contribution is -2.56. The van der Waals surface area contributed by atoms with Gasteiger partial charge in [0, 0.05) is 6.42 Å². The number of amides is 4. The molecule has 0 fully saturated rings. The number of rotatable bonds is 14. The van der Waals surface area contributed by atoms with Crippen LogP contribution in [0.4, 0.5) is 0 Å². The Balaban J connectivity index is 2.80. The van der Waals surface area contributed by atoms with Crippen LogP contribution in [-0.2, 0) is 30.4 Å². The molecule has 33 heavy (non-hydrogen) atoms. The lowest BCUT2D eigenvalue weighted by Gasteiger charge is -2.23. The van der Waals surface area contributed by atoms with Crippen LogP contribution in [0, 0.1) is 0 Å². The van der Waals surface area contributed by atoms with E-state index in [1.165, 1.54) is 18.7 Å². The molecular weight excluding hydrogens is 450 g/mol. The molecule has 1 aromatic carbocycles. The third-order valence-corrected chi connectivity index (χ3v) is 5.29. The normalized spacial score (nSPS) is 14.3. The summed E-state index contributed by atoms with van der Waals surface area (Å²) in [5.74, 6) is -3.48. The van der Waals surface area contributed by atoms with Crippen LogP contribution in [0.3, 0.4) is 0 Å². The van der Waals surface area contributed by atoms with Crippen molar-refractivity contribution in [2.45, 2.75) is 50.4 Å². The Morgan fingerprint density at radius 2 is 1.58 bits per heavy atom. The Hall–Kier alpha value is -3.12. The third-order valence-electron chi connectivity index (χ3n) is 4.65. The van der Waals surface area contributed by atoms with Crippen molar-refractivity contribution in [1.82, 2.24) is 16.0 Å². The molecule has 182 valence electrons. The molecule has 0 aromatic heterocycles. The number of carbonyl (C=O) groups excluding carboxylic acids is 4. The summed E-state index contributed by atoms with van der Waals surface area (Å²) in [6.07, 6.45) is 1.78. The summed E-state index contributed by atoms with van der Waals surface area (Å²) in [6.45, 7) is 1.39. The minimum absolute atomic E-state index is 0.0787. The zero-order valence-corrected chi connectivity index (χ0v) is 19.4. The van der Waals surface area contributed by atoms with Gasteiger partial charge >= 0.3 is 5.97 Å². The van der Waals surface area contributed by atoms with Crippen molar-refractivity contribution in [1.29, 1.82) is 0 Å². The van der Waals surface area contributed by atoms with Gasteiger partial charge in [0.25, 0.3) is 0 Å². The van der Waals surface area contributed by atoms with E-state index in [4.69, 9.17) is 11.5 Å². The molecule has 0 aliphatic rings. The van der Waals surface area contributed by atoms with Crippen molar-refractivity contribution in [3.63, 3.8) is 0 Å². The molecule has 0 spiro atoms. The van der Waals surface area contributed by atoms with E-state index < -0.39 is 53.8 Å². The largest absolute Gasteiger partial charge is 0.480 e. The number of carboxylic acids is 1. The highest BCUT2D eigenvalue weighted by atomic mass is 32.2. The molecule has 11 nitrogen and oxygen atoms in total. The summed E-state index contributed by atoms with van der Waals surface area (Å²) in [6, 6.07) is 4.38. The van der Waals surface area contributed by atoms with Crippen molar-refractivity contribution in [2.24, 2.45) is 11.5 Å². The van der Waals surface area contributed by atoms with Gasteiger partial charge in [0.2, 0.25) is 23.6 Å². The van der Waals surface area contributed by atoms with Gasteiger partial charge in [0.05, 0.1) is 12.5 Å². The lowest BCUT2D eigenvalue weighted by atomic mass is 10.1. The highest BCUT2D eigenvalue weighted by molar-refractivity contribution is 7.98. The fourth-order valence-electron chi connectivity index (χ4n) is 2.82. The highest BCUT2D eigenvalue weighted by Gasteiger charge is 2.29. The molecule has 0 heterocycles. The summed E-state index contributed by atoms with van der Waals surface area (Å²) in [4.78, 5) is 59.9. The van der Waals surface area contributed by atoms with E-state index in [0.717, 1.165) is 5.56 Å². The SMILES string of the molecule is CSCCC(NC(=O)C(C)NC(=O)C(N)CC(N)=O)C(=O)NC(Cc1ccccc1)C(=O)O. The first-order valence-electron chi connectivity index (χ1n) is 10.3. The van der Waals surface area contributed by atoms with E-state index >= 15 is 0 Å². The zero-order chi connectivity index (χ0) is 25.0. The summed E-state index contributed by atoms with van der Waals surface area (Å²) in [7, 11) is 0. The zero-order valence-electron chi connectivity index (χ0n) is 18.6. The Morgan fingerprint density at radius 3 is 2.12 bits per heavy atom. The van der Waals surface area contributed by atoms with E-state index in [-0.39, 0.29) is 19.3 Å². The van der Waals surface area contributed by atoms with Crippen molar-refractivity contribution >= 4 is 41.4 Å². The molecular formula is C21H31N5O6S. The number of carboxylic acid groups (broad SMARTS) is 1. The molecule has 8 N–H and O–H groups in total. The maximum absolute atomic E-state index is 12.8. The van der Waals surface area contributed by atoms with Gasteiger partial charge in [-0.25, -0.2) is 4.79 Å². The quantitative estimate of drug-likeness (QED) is 0.189. The van der Waals surface area contributed by atoms with Gasteiger partial charge in [0.1, 0.15) is 18.1 Å². The molecule has 0 aliphatic heterocycles. The van der Waals surface area contributed by atoms with E-state index in [0.29, 0.717) is 5.75 Å². The first kappa shape index (κ1) is 27.9. The van der Waals surface area contributed by atoms with Gasteiger partial charge in [0.15, 0.2) is 0 Å². The smallest absolute Gasteiger partial charge is 0.326 e. The van der Waals surface area contributed by atoms with Crippen molar-refractivity contribution < 1.29 is 29.1 Å². The number of nitrogens with one attached hydrogen (secondary N) is 3. The number of hydrogen-bond acceptors (Lipinski definition) is 7. The van der Waals surface area contributed by atoms with Crippen molar-refractivity contribution in [3.8, 4) is 0 Å². The van der Waals surface area contributed by atoms with E-state index in [9.17, 15) is 29.1 Å². The van der Waals surface area contributed by atoms with Crippen LogP contribution in [0.1, 0.15) is 25.3 Å². The molecule has 0 bridgehead atoms. The number of benzene rings is 1. The Morgan fingerprint density at radius 1 is 0.970 bits per heavy atom. The number of carbonyl (C=O) groups is 5. The molecule has 1 rings (SSSR count). The van der Waals surface area contributed by atoms with Crippen LogP contribution in [0.5, 0.6) is 0 Å². The maximum Gasteiger partial charge on any atom is 0.326 e. The summed E-state index contributed by atoms with van der Waals surface area (Å²) in [5, 5.41) is 16.9. The van der Waals surface area contributed by atoms with Gasteiger partial charge in [-0.15, -0.1) is 0 Å². The third kappa shape index (κ3) is 10.4. The number of nitrogens with two attached hydrogens (primary N) is 2. The van der Waals surface area contributed by atoms with Crippen molar-refractivity contribution in [3.05, 3.63) is 35.9 Å². The average molecular weight is 482 g/mol. The summed E-state index contributed by atoms with van der Waals surface area (Å²) < 4.78 is 0. The molecule has 4 atom stereocenters. The first-order valence-corrected chi connectivity index (χ1v) is 11.6. The van der Waals surface area contributed by atoms with Crippen LogP contribution < -0.4 is 27.4 Å². The van der Waals surface area contributed by atoms with E-state index in [2.05, 4.69) is 16.0 Å². The molecule has 0 saturated carbocycles. The van der Waals surface area contributed by atoms with Crippen molar-refractivity contribution in [2.75, 3.05) is 12.0 Å². The van der Waals surface area contributed by atoms with E-state index in [1.54, 1.807) is 30.3 Å². The van der Waals surface area contributed by atoms with E-state index in [1.807, 2.05) is 6.26 Å². The molecule has 4 unspecified atom stereocenters. The fraction of sp³-hybridized carbons (Fsp3) is 0.476. The maximum atomic E-state index is 12.8. The second-order valence-corrected chi connectivity index (χ2v) is 8.42. The van der Waals surface area contributed by atoms with Crippen LogP contribution in [0.15, 0.2) is 30.3 Å². The molecule has 1 aromatic rings. The Labute approximate surface area is 196 Å². The predicted octanol–water partition coefficient (Wildman–Crippen LogP) is -1.26. The highest BCUT2D eigenvalue weighted by Crippen LogP contribution is 2.06. The van der Waals surface area contributed by atoms with Crippen LogP contribution in [0.2, 0.25) is 0 Å². The minimum atomic E-state index is -1.21. The number of primary amides is 1. The number of hydrogen-bond donors (Lipinski definition) is 6. The monoisotopic (exact) mass is 481 g/mol. The molecule has 0 aliphatic carbocycles. The average Bonchev–Trinajstić information content (AvgIpc) is 2.75. The lowest BCUT2D eigenvalue weighted by molar-refractivity contribution is -0.142. The Kier molecular flexibility index (Phi) is 11.9. The number of thioether (sulfide) groups is 1. The topological polar surface area (TPSA) is 194 Å².